The van der Waals surface area contributed by atoms with Crippen molar-refractivity contribution in [3.05, 3.63) is 65.0 Å². The van der Waals surface area contributed by atoms with Crippen molar-refractivity contribution < 1.29 is 27.9 Å². The van der Waals surface area contributed by atoms with Crippen LogP contribution >= 0.6 is 0 Å². The number of aromatic carboxylic acids is 1. The second-order valence-corrected chi connectivity index (χ2v) is 7.00. The van der Waals surface area contributed by atoms with E-state index >= 15 is 0 Å². The van der Waals surface area contributed by atoms with E-state index in [2.05, 4.69) is 10.3 Å². The molecule has 2 aromatic carbocycles. The summed E-state index contributed by atoms with van der Waals surface area (Å²) in [5, 5.41) is 12.7. The van der Waals surface area contributed by atoms with Crippen molar-refractivity contribution in [2.75, 3.05) is 19.6 Å². The van der Waals surface area contributed by atoms with Crippen molar-refractivity contribution in [2.45, 2.75) is 6.54 Å². The highest BCUT2D eigenvalue weighted by molar-refractivity contribution is 6.05. The van der Waals surface area contributed by atoms with Gasteiger partial charge in [-0.3, -0.25) is 9.69 Å². The van der Waals surface area contributed by atoms with Crippen LogP contribution in [0.4, 0.5) is 13.2 Å². The molecule has 1 fully saturated rings. The lowest BCUT2D eigenvalue weighted by Gasteiger charge is -2.28. The molecule has 0 radical (unpaired) electrons. The summed E-state index contributed by atoms with van der Waals surface area (Å²) in [6.07, 6.45) is 0. The van der Waals surface area contributed by atoms with Crippen LogP contribution in [0.3, 0.4) is 0 Å². The van der Waals surface area contributed by atoms with Gasteiger partial charge in [-0.25, -0.2) is 22.9 Å². The van der Waals surface area contributed by atoms with Gasteiger partial charge in [0.15, 0.2) is 0 Å². The van der Waals surface area contributed by atoms with Crippen LogP contribution < -0.4 is 5.32 Å². The molecule has 154 valence electrons. The Kier molecular flexibility index (Phi) is 5.13. The minimum absolute atomic E-state index is 0.0119. The second kappa shape index (κ2) is 7.75. The van der Waals surface area contributed by atoms with Gasteiger partial charge in [0.1, 0.15) is 17.5 Å². The maximum Gasteiger partial charge on any atom is 0.336 e. The molecule has 2 heterocycles. The molecule has 1 amide bonds. The number of hydrogen-bond acceptors (Lipinski definition) is 4. The fraction of sp³-hybridized carbons (Fsp3) is 0.190. The molecule has 0 unspecified atom stereocenters. The first-order valence-corrected chi connectivity index (χ1v) is 9.13. The number of carboxylic acids is 1. The number of nitrogens with one attached hydrogen (secondary N) is 1. The molecule has 6 nitrogen and oxygen atoms in total. The largest absolute Gasteiger partial charge is 0.478 e. The van der Waals surface area contributed by atoms with Crippen molar-refractivity contribution in [3.8, 4) is 11.3 Å². The van der Waals surface area contributed by atoms with E-state index in [1.54, 1.807) is 4.90 Å². The van der Waals surface area contributed by atoms with Crippen LogP contribution in [-0.2, 0) is 11.3 Å². The zero-order valence-electron chi connectivity index (χ0n) is 15.6. The van der Waals surface area contributed by atoms with Crippen LogP contribution in [0.25, 0.3) is 22.2 Å². The van der Waals surface area contributed by atoms with E-state index in [-0.39, 0.29) is 52.3 Å². The summed E-state index contributed by atoms with van der Waals surface area (Å²) in [4.78, 5) is 30.0. The zero-order valence-corrected chi connectivity index (χ0v) is 15.6. The monoisotopic (exact) mass is 415 g/mol. The number of rotatable bonds is 4. The summed E-state index contributed by atoms with van der Waals surface area (Å²) in [5.41, 5.74) is 0.229. The Hall–Kier alpha value is -3.46. The third-order valence-corrected chi connectivity index (χ3v) is 4.90. The van der Waals surface area contributed by atoms with Crippen LogP contribution in [0.5, 0.6) is 0 Å². The van der Waals surface area contributed by atoms with Gasteiger partial charge in [0, 0.05) is 42.2 Å². The van der Waals surface area contributed by atoms with Gasteiger partial charge >= 0.3 is 5.97 Å². The number of carbonyl (C=O) groups excluding carboxylic acids is 1. The van der Waals surface area contributed by atoms with Gasteiger partial charge in [-0.15, -0.1) is 0 Å². The Bertz CT molecular complexity index is 1160. The molecule has 3 aromatic rings. The molecule has 4 rings (SSSR count). The minimum Gasteiger partial charge on any atom is -0.478 e. The number of carbonyl (C=O) groups is 2. The predicted molar refractivity (Wildman–Crippen MR) is 102 cm³/mol. The highest BCUT2D eigenvalue weighted by Gasteiger charge is 2.26. The molecule has 0 aliphatic carbocycles. The number of pyridine rings is 1. The van der Waals surface area contributed by atoms with Crippen molar-refractivity contribution >= 4 is 22.8 Å². The summed E-state index contributed by atoms with van der Waals surface area (Å²) in [6.45, 7) is 0.836. The molecule has 1 saturated heterocycles. The molecule has 1 aromatic heterocycles. The van der Waals surface area contributed by atoms with Gasteiger partial charge in [-0.05, 0) is 30.3 Å². The first kappa shape index (κ1) is 19.8. The SMILES string of the molecule is O=C1CN(Cc2c(-c3cc(F)cc(F)c3)nc3ccc(F)cc3c2C(=O)O)CCN1. The lowest BCUT2D eigenvalue weighted by Crippen LogP contribution is -2.47. The second-order valence-electron chi connectivity index (χ2n) is 7.00. The topological polar surface area (TPSA) is 82.5 Å². The van der Waals surface area contributed by atoms with Crippen LogP contribution in [0.1, 0.15) is 15.9 Å². The molecular weight excluding hydrogens is 399 g/mol. The molecular formula is C21H16F3N3O3. The minimum atomic E-state index is -1.33. The van der Waals surface area contributed by atoms with Crippen molar-refractivity contribution in [2.24, 2.45) is 0 Å². The molecule has 1 aliphatic rings. The quantitative estimate of drug-likeness (QED) is 0.685. The average molecular weight is 415 g/mol. The number of aromatic nitrogens is 1. The highest BCUT2D eigenvalue weighted by atomic mass is 19.1. The molecule has 30 heavy (non-hydrogen) atoms. The van der Waals surface area contributed by atoms with E-state index in [9.17, 15) is 27.9 Å². The van der Waals surface area contributed by atoms with Gasteiger partial charge in [-0.2, -0.15) is 0 Å². The van der Waals surface area contributed by atoms with Crippen molar-refractivity contribution in [1.82, 2.24) is 15.2 Å². The first-order chi connectivity index (χ1) is 14.3. The Morgan fingerprint density at radius 1 is 1.10 bits per heavy atom. The third-order valence-electron chi connectivity index (χ3n) is 4.90. The zero-order chi connectivity index (χ0) is 21.4. The molecule has 0 spiro atoms. The fourth-order valence-corrected chi connectivity index (χ4v) is 3.65. The van der Waals surface area contributed by atoms with E-state index in [1.807, 2.05) is 0 Å². The summed E-state index contributed by atoms with van der Waals surface area (Å²) >= 11 is 0. The Labute approximate surface area is 168 Å². The van der Waals surface area contributed by atoms with Crippen LogP contribution in [0.2, 0.25) is 0 Å². The number of halogens is 3. The standard InChI is InChI=1S/C21H16F3N3O3/c22-12-1-2-17-15(8-12)19(21(29)30)16(9-27-4-3-25-18(28)10-27)20(26-17)11-5-13(23)7-14(24)6-11/h1-2,5-8H,3-4,9-10H2,(H,25,28)(H,29,30). The van der Waals surface area contributed by atoms with Crippen LogP contribution in [-0.4, -0.2) is 46.5 Å². The molecule has 0 saturated carbocycles. The highest BCUT2D eigenvalue weighted by Crippen LogP contribution is 2.32. The lowest BCUT2D eigenvalue weighted by atomic mass is 9.95. The number of nitrogens with zero attached hydrogens (tertiary/aromatic N) is 2. The maximum absolute atomic E-state index is 13.9. The number of piperazine rings is 1. The summed E-state index contributed by atoms with van der Waals surface area (Å²) < 4.78 is 41.6. The number of amides is 1. The normalized spacial score (nSPS) is 14.7. The summed E-state index contributed by atoms with van der Waals surface area (Å²) in [7, 11) is 0. The fourth-order valence-electron chi connectivity index (χ4n) is 3.65. The van der Waals surface area contributed by atoms with Crippen LogP contribution in [0.15, 0.2) is 36.4 Å². The lowest BCUT2D eigenvalue weighted by molar-refractivity contribution is -0.124. The Morgan fingerprint density at radius 2 is 1.83 bits per heavy atom. The van der Waals surface area contributed by atoms with E-state index in [0.29, 0.717) is 19.2 Å². The van der Waals surface area contributed by atoms with Gasteiger partial charge < -0.3 is 10.4 Å². The number of carboxylic acid groups (broad SMARTS) is 1. The van der Waals surface area contributed by atoms with E-state index in [1.165, 1.54) is 6.07 Å². The van der Waals surface area contributed by atoms with Gasteiger partial charge in [0.05, 0.1) is 23.3 Å². The number of benzene rings is 2. The van der Waals surface area contributed by atoms with Crippen molar-refractivity contribution in [1.29, 1.82) is 0 Å². The van der Waals surface area contributed by atoms with Gasteiger partial charge in [-0.1, -0.05) is 0 Å². The van der Waals surface area contributed by atoms with E-state index in [0.717, 1.165) is 24.3 Å². The number of fused-ring (bicyclic) bond motifs is 1. The molecule has 1 aliphatic heterocycles. The van der Waals surface area contributed by atoms with Crippen LogP contribution in [0, 0.1) is 17.5 Å². The molecule has 0 bridgehead atoms. The predicted octanol–water partition coefficient (Wildman–Crippen LogP) is 2.95. The first-order valence-electron chi connectivity index (χ1n) is 9.13. The van der Waals surface area contributed by atoms with Gasteiger partial charge in [0.25, 0.3) is 0 Å². The summed E-state index contributed by atoms with van der Waals surface area (Å²) in [6, 6.07) is 6.32. The average Bonchev–Trinajstić information content (AvgIpc) is 2.66. The number of hydrogen-bond donors (Lipinski definition) is 2. The van der Waals surface area contributed by atoms with Crippen molar-refractivity contribution in [3.63, 3.8) is 0 Å². The molecule has 2 N–H and O–H groups in total. The third kappa shape index (κ3) is 3.84. The summed E-state index contributed by atoms with van der Waals surface area (Å²) in [5.74, 6) is -3.88. The van der Waals surface area contributed by atoms with E-state index in [4.69, 9.17) is 0 Å². The van der Waals surface area contributed by atoms with E-state index < -0.39 is 23.4 Å². The molecule has 0 atom stereocenters. The maximum atomic E-state index is 13.9. The smallest absolute Gasteiger partial charge is 0.336 e. The molecule has 9 heteroatoms. The Balaban J connectivity index is 1.99. The Morgan fingerprint density at radius 3 is 2.50 bits per heavy atom. The van der Waals surface area contributed by atoms with Gasteiger partial charge in [0.2, 0.25) is 5.91 Å².